The zero-order chi connectivity index (χ0) is 16.1. The Hall–Kier alpha value is -1.56. The van der Waals surface area contributed by atoms with Gasteiger partial charge in [0.15, 0.2) is 0 Å². The topological polar surface area (TPSA) is 67.4 Å². The first-order valence-electron chi connectivity index (χ1n) is 7.57. The van der Waals surface area contributed by atoms with E-state index in [-0.39, 0.29) is 23.2 Å². The number of hydrogen-bond donors (Lipinski definition) is 2. The number of para-hydroxylation sites is 1. The van der Waals surface area contributed by atoms with Crippen molar-refractivity contribution in [3.05, 3.63) is 29.8 Å². The Kier molecular flexibility index (Phi) is 5.83. The predicted octanol–water partition coefficient (Wildman–Crippen LogP) is 2.01. The van der Waals surface area contributed by atoms with Crippen LogP contribution in [0.25, 0.3) is 0 Å². The largest absolute Gasteiger partial charge is 0.493 e. The monoisotopic (exact) mass is 324 g/mol. The van der Waals surface area contributed by atoms with E-state index in [9.17, 15) is 9.00 Å². The Morgan fingerprint density at radius 2 is 2.14 bits per heavy atom. The van der Waals surface area contributed by atoms with Gasteiger partial charge in [-0.1, -0.05) is 25.1 Å². The third-order valence-corrected chi connectivity index (χ3v) is 5.47. The summed E-state index contributed by atoms with van der Waals surface area (Å²) in [5.41, 5.74) is 1.14. The fourth-order valence-electron chi connectivity index (χ4n) is 2.51. The molecule has 122 valence electrons. The molecule has 2 N–H and O–H groups in total. The molecule has 22 heavy (non-hydrogen) atoms. The summed E-state index contributed by atoms with van der Waals surface area (Å²) >= 11 is 0. The zero-order valence-electron chi connectivity index (χ0n) is 13.3. The second-order valence-corrected chi connectivity index (χ2v) is 7.54. The van der Waals surface area contributed by atoms with Gasteiger partial charge in [0, 0.05) is 46.4 Å². The molecule has 0 saturated carbocycles. The second kappa shape index (κ2) is 7.63. The highest BCUT2D eigenvalue weighted by molar-refractivity contribution is 7.84. The van der Waals surface area contributed by atoms with E-state index >= 15 is 0 Å². The molecule has 0 spiro atoms. The van der Waals surface area contributed by atoms with Crippen LogP contribution in [-0.2, 0) is 10.8 Å². The molecule has 1 aliphatic heterocycles. The van der Waals surface area contributed by atoms with Gasteiger partial charge in [-0.05, 0) is 19.4 Å². The minimum atomic E-state index is -0.851. The van der Waals surface area contributed by atoms with Crippen LogP contribution in [0.2, 0.25) is 0 Å². The molecule has 0 aromatic heterocycles. The van der Waals surface area contributed by atoms with Gasteiger partial charge in [-0.15, -0.1) is 0 Å². The SMILES string of the molecule is C[C@H](NC(=O)NCC[C@H](C)[S@](C)=O)[C@@H]1COc2ccccc21. The molecular formula is C16H24N2O3S. The van der Waals surface area contributed by atoms with Crippen molar-refractivity contribution >= 4 is 16.8 Å². The van der Waals surface area contributed by atoms with Crippen LogP contribution in [0.4, 0.5) is 4.79 Å². The minimum Gasteiger partial charge on any atom is -0.493 e. The van der Waals surface area contributed by atoms with Crippen molar-refractivity contribution in [2.24, 2.45) is 0 Å². The lowest BCUT2D eigenvalue weighted by Gasteiger charge is -2.20. The number of carbonyl (C=O) groups excluding carboxylic acids is 1. The van der Waals surface area contributed by atoms with Crippen molar-refractivity contribution < 1.29 is 13.7 Å². The number of amides is 2. The second-order valence-electron chi connectivity index (χ2n) is 5.74. The maximum absolute atomic E-state index is 11.9. The highest BCUT2D eigenvalue weighted by atomic mass is 32.2. The lowest BCUT2D eigenvalue weighted by Crippen LogP contribution is -2.44. The molecule has 1 aromatic rings. The Balaban J connectivity index is 1.79. The summed E-state index contributed by atoms with van der Waals surface area (Å²) in [6, 6.07) is 7.73. The first kappa shape index (κ1) is 16.8. The molecule has 2 rings (SSSR count). The first-order chi connectivity index (χ1) is 10.5. The van der Waals surface area contributed by atoms with Crippen LogP contribution in [0, 0.1) is 0 Å². The first-order valence-corrected chi connectivity index (χ1v) is 9.19. The quantitative estimate of drug-likeness (QED) is 0.841. The van der Waals surface area contributed by atoms with Crippen molar-refractivity contribution in [2.75, 3.05) is 19.4 Å². The molecule has 6 heteroatoms. The molecular weight excluding hydrogens is 300 g/mol. The van der Waals surface area contributed by atoms with Gasteiger partial charge < -0.3 is 15.4 Å². The number of hydrogen-bond acceptors (Lipinski definition) is 3. The van der Waals surface area contributed by atoms with Crippen LogP contribution in [0.3, 0.4) is 0 Å². The summed E-state index contributed by atoms with van der Waals surface area (Å²) in [5.74, 6) is 1.07. The van der Waals surface area contributed by atoms with Gasteiger partial charge in [0.2, 0.25) is 0 Å². The molecule has 5 nitrogen and oxygen atoms in total. The van der Waals surface area contributed by atoms with E-state index in [0.717, 1.165) is 11.3 Å². The Morgan fingerprint density at radius 3 is 2.86 bits per heavy atom. The van der Waals surface area contributed by atoms with E-state index < -0.39 is 10.8 Å². The van der Waals surface area contributed by atoms with E-state index in [1.165, 1.54) is 0 Å². The summed E-state index contributed by atoms with van der Waals surface area (Å²) in [7, 11) is -0.851. The van der Waals surface area contributed by atoms with Crippen LogP contribution in [0.1, 0.15) is 31.7 Å². The summed E-state index contributed by atoms with van der Waals surface area (Å²) in [4.78, 5) is 11.9. The van der Waals surface area contributed by atoms with Gasteiger partial charge in [-0.3, -0.25) is 4.21 Å². The van der Waals surface area contributed by atoms with E-state index in [4.69, 9.17) is 4.74 Å². The number of benzene rings is 1. The average Bonchev–Trinajstić information content (AvgIpc) is 2.90. The molecule has 0 saturated heterocycles. The summed E-state index contributed by atoms with van der Waals surface area (Å²) < 4.78 is 16.9. The normalized spacial score (nSPS) is 20.4. The van der Waals surface area contributed by atoms with Crippen LogP contribution >= 0.6 is 0 Å². The van der Waals surface area contributed by atoms with Crippen molar-refractivity contribution in [2.45, 2.75) is 37.5 Å². The van der Waals surface area contributed by atoms with Crippen LogP contribution in [-0.4, -0.2) is 40.9 Å². The Bertz CT molecular complexity index is 550. The highest BCUT2D eigenvalue weighted by Gasteiger charge is 2.29. The number of nitrogens with one attached hydrogen (secondary N) is 2. The van der Waals surface area contributed by atoms with E-state index in [2.05, 4.69) is 10.6 Å². The number of fused-ring (bicyclic) bond motifs is 1. The van der Waals surface area contributed by atoms with Gasteiger partial charge in [-0.25, -0.2) is 4.79 Å². The molecule has 0 aliphatic carbocycles. The van der Waals surface area contributed by atoms with Crippen molar-refractivity contribution in [1.82, 2.24) is 10.6 Å². The molecule has 0 fully saturated rings. The highest BCUT2D eigenvalue weighted by Crippen LogP contribution is 2.35. The zero-order valence-corrected chi connectivity index (χ0v) is 14.1. The summed E-state index contributed by atoms with van der Waals surface area (Å²) in [6.45, 7) is 5.02. The van der Waals surface area contributed by atoms with Gasteiger partial charge in [-0.2, -0.15) is 0 Å². The fourth-order valence-corrected chi connectivity index (χ4v) is 2.96. The van der Waals surface area contributed by atoms with Crippen LogP contribution < -0.4 is 15.4 Å². The number of urea groups is 1. The van der Waals surface area contributed by atoms with E-state index in [1.54, 1.807) is 6.26 Å². The summed E-state index contributed by atoms with van der Waals surface area (Å²) in [6.07, 6.45) is 2.39. The molecule has 0 bridgehead atoms. The minimum absolute atomic E-state index is 0.0126. The molecule has 0 radical (unpaired) electrons. The number of ether oxygens (including phenoxy) is 1. The lowest BCUT2D eigenvalue weighted by atomic mass is 9.94. The molecule has 4 atom stereocenters. The Labute approximate surface area is 134 Å². The van der Waals surface area contributed by atoms with Gasteiger partial charge in [0.25, 0.3) is 0 Å². The Morgan fingerprint density at radius 1 is 1.41 bits per heavy atom. The third kappa shape index (κ3) is 4.22. The molecule has 0 unspecified atom stereocenters. The third-order valence-electron chi connectivity index (χ3n) is 4.10. The number of rotatable bonds is 6. The molecule has 1 aromatic carbocycles. The van der Waals surface area contributed by atoms with E-state index in [1.807, 2.05) is 38.1 Å². The maximum atomic E-state index is 11.9. The van der Waals surface area contributed by atoms with Crippen LogP contribution in [0.5, 0.6) is 5.75 Å². The molecule has 2 amide bonds. The standard InChI is InChI=1S/C16H24N2O3S/c1-11(22(3)20)8-9-17-16(19)18-12(2)14-10-21-15-7-5-4-6-13(14)15/h4-7,11-12,14H,8-10H2,1-3H3,(H2,17,18,19)/t11-,12-,14-,22-/m0/s1. The summed E-state index contributed by atoms with van der Waals surface area (Å²) in [5, 5.41) is 5.87. The van der Waals surface area contributed by atoms with Gasteiger partial charge in [0.05, 0.1) is 6.61 Å². The molecule has 1 aliphatic rings. The number of carbonyl (C=O) groups is 1. The fraction of sp³-hybridized carbons (Fsp3) is 0.562. The lowest BCUT2D eigenvalue weighted by molar-refractivity contribution is 0.233. The van der Waals surface area contributed by atoms with Crippen molar-refractivity contribution in [3.63, 3.8) is 0 Å². The van der Waals surface area contributed by atoms with Crippen LogP contribution in [0.15, 0.2) is 24.3 Å². The maximum Gasteiger partial charge on any atom is 0.315 e. The molecule has 1 heterocycles. The predicted molar refractivity (Wildman–Crippen MR) is 88.8 cm³/mol. The van der Waals surface area contributed by atoms with Gasteiger partial charge in [0.1, 0.15) is 5.75 Å². The smallest absolute Gasteiger partial charge is 0.315 e. The van der Waals surface area contributed by atoms with E-state index in [0.29, 0.717) is 19.6 Å². The van der Waals surface area contributed by atoms with Crippen molar-refractivity contribution in [3.8, 4) is 5.75 Å². The average molecular weight is 324 g/mol. The van der Waals surface area contributed by atoms with Crippen molar-refractivity contribution in [1.29, 1.82) is 0 Å². The van der Waals surface area contributed by atoms with Gasteiger partial charge >= 0.3 is 6.03 Å².